The second-order valence-electron chi connectivity index (χ2n) is 5.06. The Morgan fingerprint density at radius 1 is 1.17 bits per heavy atom. The number of anilines is 1. The van der Waals surface area contributed by atoms with E-state index in [-0.39, 0.29) is 17.9 Å². The molecule has 122 valence electrons. The monoisotopic (exact) mass is 328 g/mol. The lowest BCUT2D eigenvalue weighted by Gasteiger charge is -2.07. The standard InChI is InChI=1S/C14H12N6O4/c1-18-8-17-13-11(18)4-5-15-14(13)16-7-9-2-3-10(19(21)22)6-12(9)20(23)24/h2-6,8H,7H2,1H3,(H,15,16). The van der Waals surface area contributed by atoms with Crippen LogP contribution in [-0.4, -0.2) is 24.4 Å². The van der Waals surface area contributed by atoms with E-state index in [0.717, 1.165) is 11.6 Å². The Balaban J connectivity index is 1.91. The SMILES string of the molecule is Cn1cnc2c(NCc3ccc([N+](=O)[O-])cc3[N+](=O)[O-])nccc21. The molecule has 0 amide bonds. The quantitative estimate of drug-likeness (QED) is 0.562. The van der Waals surface area contributed by atoms with Crippen LogP contribution in [0.15, 0.2) is 36.8 Å². The second kappa shape index (κ2) is 5.91. The molecule has 0 saturated carbocycles. The summed E-state index contributed by atoms with van der Waals surface area (Å²) in [6.45, 7) is 0.0942. The van der Waals surface area contributed by atoms with Crippen LogP contribution >= 0.6 is 0 Å². The number of fused-ring (bicyclic) bond motifs is 1. The maximum Gasteiger partial charge on any atom is 0.281 e. The summed E-state index contributed by atoms with van der Waals surface area (Å²) in [4.78, 5) is 29.0. The normalized spacial score (nSPS) is 10.7. The van der Waals surface area contributed by atoms with Crippen molar-refractivity contribution < 1.29 is 9.85 Å². The fourth-order valence-corrected chi connectivity index (χ4v) is 2.36. The van der Waals surface area contributed by atoms with Crippen LogP contribution in [0.4, 0.5) is 17.2 Å². The highest BCUT2D eigenvalue weighted by molar-refractivity contribution is 5.85. The molecular formula is C14H12N6O4. The summed E-state index contributed by atoms with van der Waals surface area (Å²) >= 11 is 0. The number of hydrogen-bond acceptors (Lipinski definition) is 7. The van der Waals surface area contributed by atoms with E-state index in [2.05, 4.69) is 15.3 Å². The number of hydrogen-bond donors (Lipinski definition) is 1. The molecule has 0 spiro atoms. The average Bonchev–Trinajstić information content (AvgIpc) is 2.94. The number of rotatable bonds is 5. The molecule has 24 heavy (non-hydrogen) atoms. The Morgan fingerprint density at radius 3 is 2.67 bits per heavy atom. The van der Waals surface area contributed by atoms with E-state index >= 15 is 0 Å². The number of nitrogens with zero attached hydrogens (tertiary/aromatic N) is 5. The smallest absolute Gasteiger partial charge is 0.281 e. The van der Waals surface area contributed by atoms with Crippen molar-refractivity contribution >= 4 is 28.2 Å². The van der Waals surface area contributed by atoms with Gasteiger partial charge in [-0.25, -0.2) is 9.97 Å². The molecule has 0 saturated heterocycles. The highest BCUT2D eigenvalue weighted by Crippen LogP contribution is 2.26. The Labute approximate surface area is 135 Å². The summed E-state index contributed by atoms with van der Waals surface area (Å²) in [6, 6.07) is 5.36. The molecule has 10 nitrogen and oxygen atoms in total. The van der Waals surface area contributed by atoms with Crippen LogP contribution in [0.5, 0.6) is 0 Å². The number of nitro benzene ring substituents is 2. The average molecular weight is 328 g/mol. The first kappa shape index (κ1) is 15.3. The minimum Gasteiger partial charge on any atom is -0.364 e. The van der Waals surface area contributed by atoms with E-state index in [4.69, 9.17) is 0 Å². The Bertz CT molecular complexity index is 952. The van der Waals surface area contributed by atoms with Crippen molar-refractivity contribution in [2.24, 2.45) is 7.05 Å². The van der Waals surface area contributed by atoms with Crippen LogP contribution in [0.3, 0.4) is 0 Å². The van der Waals surface area contributed by atoms with Gasteiger partial charge in [-0.15, -0.1) is 0 Å². The van der Waals surface area contributed by atoms with Gasteiger partial charge in [-0.1, -0.05) is 0 Å². The number of benzene rings is 1. The van der Waals surface area contributed by atoms with Crippen LogP contribution in [0, 0.1) is 20.2 Å². The molecular weight excluding hydrogens is 316 g/mol. The van der Waals surface area contributed by atoms with E-state index in [1.165, 1.54) is 12.1 Å². The maximum absolute atomic E-state index is 11.1. The minimum absolute atomic E-state index is 0.0942. The molecule has 2 aromatic heterocycles. The lowest BCUT2D eigenvalue weighted by atomic mass is 10.1. The van der Waals surface area contributed by atoms with Crippen molar-refractivity contribution in [1.29, 1.82) is 0 Å². The molecule has 0 unspecified atom stereocenters. The molecule has 0 aliphatic rings. The van der Waals surface area contributed by atoms with Gasteiger partial charge in [0.2, 0.25) is 0 Å². The Hall–Kier alpha value is -3.56. The highest BCUT2D eigenvalue weighted by atomic mass is 16.6. The van der Waals surface area contributed by atoms with E-state index in [1.54, 1.807) is 12.5 Å². The first-order chi connectivity index (χ1) is 11.5. The fourth-order valence-electron chi connectivity index (χ4n) is 2.36. The van der Waals surface area contributed by atoms with Crippen LogP contribution in [0.1, 0.15) is 5.56 Å². The minimum atomic E-state index is -0.666. The summed E-state index contributed by atoms with van der Waals surface area (Å²) in [7, 11) is 1.85. The zero-order valence-electron chi connectivity index (χ0n) is 12.5. The molecule has 0 aliphatic carbocycles. The molecule has 1 aromatic carbocycles. The second-order valence-corrected chi connectivity index (χ2v) is 5.06. The lowest BCUT2D eigenvalue weighted by molar-refractivity contribution is -0.394. The fraction of sp³-hybridized carbons (Fsp3) is 0.143. The van der Waals surface area contributed by atoms with Gasteiger partial charge in [0.15, 0.2) is 5.82 Å². The van der Waals surface area contributed by atoms with Gasteiger partial charge in [0.05, 0.1) is 27.8 Å². The van der Waals surface area contributed by atoms with Gasteiger partial charge in [0, 0.05) is 31.4 Å². The first-order valence-corrected chi connectivity index (χ1v) is 6.89. The van der Waals surface area contributed by atoms with Crippen molar-refractivity contribution in [3.8, 4) is 0 Å². The molecule has 3 rings (SSSR count). The third-order valence-corrected chi connectivity index (χ3v) is 3.57. The molecule has 0 aliphatic heterocycles. The molecule has 1 N–H and O–H groups in total. The molecule has 2 heterocycles. The first-order valence-electron chi connectivity index (χ1n) is 6.89. The van der Waals surface area contributed by atoms with Gasteiger partial charge in [-0.05, 0) is 12.1 Å². The third kappa shape index (κ3) is 2.72. The van der Waals surface area contributed by atoms with Crippen molar-refractivity contribution in [2.45, 2.75) is 6.54 Å². The van der Waals surface area contributed by atoms with Crippen LogP contribution in [-0.2, 0) is 13.6 Å². The van der Waals surface area contributed by atoms with E-state index in [0.29, 0.717) is 16.9 Å². The van der Waals surface area contributed by atoms with E-state index in [1.807, 2.05) is 17.7 Å². The topological polar surface area (TPSA) is 129 Å². The molecule has 0 radical (unpaired) electrons. The highest BCUT2D eigenvalue weighted by Gasteiger charge is 2.19. The van der Waals surface area contributed by atoms with Gasteiger partial charge in [0.25, 0.3) is 11.4 Å². The van der Waals surface area contributed by atoms with Crippen molar-refractivity contribution in [3.05, 3.63) is 62.6 Å². The Kier molecular flexibility index (Phi) is 3.78. The van der Waals surface area contributed by atoms with Gasteiger partial charge in [0.1, 0.15) is 5.52 Å². The lowest BCUT2D eigenvalue weighted by Crippen LogP contribution is -2.05. The zero-order chi connectivity index (χ0) is 17.3. The molecule has 10 heteroatoms. The third-order valence-electron chi connectivity index (χ3n) is 3.57. The summed E-state index contributed by atoms with van der Waals surface area (Å²) in [5.41, 5.74) is 1.19. The predicted octanol–water partition coefficient (Wildman–Crippen LogP) is 2.40. The van der Waals surface area contributed by atoms with Gasteiger partial charge >= 0.3 is 0 Å². The summed E-state index contributed by atoms with van der Waals surface area (Å²) in [6.07, 6.45) is 3.25. The predicted molar refractivity (Wildman–Crippen MR) is 85.6 cm³/mol. The molecule has 3 aromatic rings. The maximum atomic E-state index is 11.1. The zero-order valence-corrected chi connectivity index (χ0v) is 12.5. The summed E-state index contributed by atoms with van der Waals surface area (Å²) < 4.78 is 1.83. The van der Waals surface area contributed by atoms with Crippen LogP contribution in [0.2, 0.25) is 0 Å². The largest absolute Gasteiger partial charge is 0.364 e. The number of imidazole rings is 1. The van der Waals surface area contributed by atoms with E-state index in [9.17, 15) is 20.2 Å². The van der Waals surface area contributed by atoms with Crippen LogP contribution < -0.4 is 5.32 Å². The van der Waals surface area contributed by atoms with Crippen molar-refractivity contribution in [2.75, 3.05) is 5.32 Å². The number of aryl methyl sites for hydroxylation is 1. The number of non-ortho nitro benzene ring substituents is 1. The molecule has 0 fully saturated rings. The van der Waals surface area contributed by atoms with Crippen molar-refractivity contribution in [3.63, 3.8) is 0 Å². The van der Waals surface area contributed by atoms with Gasteiger partial charge in [-0.2, -0.15) is 0 Å². The van der Waals surface area contributed by atoms with Crippen molar-refractivity contribution in [1.82, 2.24) is 14.5 Å². The number of aromatic nitrogens is 3. The van der Waals surface area contributed by atoms with Crippen LogP contribution in [0.25, 0.3) is 11.0 Å². The molecule has 0 atom stereocenters. The number of pyridine rings is 1. The number of nitro groups is 2. The number of nitrogens with one attached hydrogen (secondary N) is 1. The Morgan fingerprint density at radius 2 is 1.96 bits per heavy atom. The molecule has 0 bridgehead atoms. The summed E-state index contributed by atoms with van der Waals surface area (Å²) in [5.74, 6) is 0.487. The summed E-state index contributed by atoms with van der Waals surface area (Å²) in [5, 5.41) is 24.9. The van der Waals surface area contributed by atoms with E-state index < -0.39 is 9.85 Å². The van der Waals surface area contributed by atoms with Gasteiger partial charge < -0.3 is 9.88 Å². The van der Waals surface area contributed by atoms with Gasteiger partial charge in [-0.3, -0.25) is 20.2 Å².